The lowest BCUT2D eigenvalue weighted by Gasteiger charge is -2.38. The van der Waals surface area contributed by atoms with Crippen LogP contribution < -0.4 is 0 Å². The summed E-state index contributed by atoms with van der Waals surface area (Å²) in [6, 6.07) is 5.87. The maximum atomic E-state index is 12.6. The minimum absolute atomic E-state index is 0.0197. The van der Waals surface area contributed by atoms with Crippen LogP contribution in [0.15, 0.2) is 18.2 Å². The molecule has 2 rings (SSSR count). The second-order valence-electron chi connectivity index (χ2n) is 6.05. The van der Waals surface area contributed by atoms with E-state index in [0.717, 1.165) is 16.7 Å². The van der Waals surface area contributed by atoms with Gasteiger partial charge in [-0.15, -0.1) is 0 Å². The predicted octanol–water partition coefficient (Wildman–Crippen LogP) is 3.02. The smallest absolute Gasteiger partial charge is 0.309 e. The molecule has 0 bridgehead atoms. The quantitative estimate of drug-likeness (QED) is 0.930. The van der Waals surface area contributed by atoms with Gasteiger partial charge in [-0.3, -0.25) is 9.59 Å². The van der Waals surface area contributed by atoms with Gasteiger partial charge in [0.15, 0.2) is 0 Å². The van der Waals surface area contributed by atoms with Gasteiger partial charge in [-0.1, -0.05) is 24.6 Å². The fourth-order valence-electron chi connectivity index (χ4n) is 2.99. The molecule has 114 valence electrons. The number of aliphatic carboxylic acids is 1. The van der Waals surface area contributed by atoms with E-state index in [4.69, 9.17) is 0 Å². The molecule has 1 aliphatic rings. The van der Waals surface area contributed by atoms with Crippen molar-refractivity contribution in [1.29, 1.82) is 0 Å². The molecule has 21 heavy (non-hydrogen) atoms. The molecule has 0 unspecified atom stereocenters. The third-order valence-corrected chi connectivity index (χ3v) is 4.76. The Morgan fingerprint density at radius 1 is 1.24 bits per heavy atom. The van der Waals surface area contributed by atoms with Crippen LogP contribution in [-0.2, 0) is 4.79 Å². The number of carboxylic acids is 1. The normalized spacial score (nSPS) is 17.6. The number of hydrogen-bond acceptors (Lipinski definition) is 2. The monoisotopic (exact) mass is 289 g/mol. The van der Waals surface area contributed by atoms with Crippen molar-refractivity contribution in [2.45, 2.75) is 40.0 Å². The van der Waals surface area contributed by atoms with Crippen molar-refractivity contribution in [3.63, 3.8) is 0 Å². The zero-order valence-electron chi connectivity index (χ0n) is 13.0. The Hall–Kier alpha value is -1.84. The van der Waals surface area contributed by atoms with Crippen LogP contribution >= 0.6 is 0 Å². The van der Waals surface area contributed by atoms with Gasteiger partial charge in [0.25, 0.3) is 5.91 Å². The van der Waals surface area contributed by atoms with Gasteiger partial charge in [0.1, 0.15) is 0 Å². The summed E-state index contributed by atoms with van der Waals surface area (Å²) in [6.45, 7) is 6.86. The summed E-state index contributed by atoms with van der Waals surface area (Å²) in [5.41, 5.74) is 2.11. The fraction of sp³-hybridized carbons (Fsp3) is 0.529. The molecule has 4 heteroatoms. The number of carbonyl (C=O) groups is 2. The van der Waals surface area contributed by atoms with Crippen molar-refractivity contribution < 1.29 is 14.7 Å². The van der Waals surface area contributed by atoms with E-state index in [-0.39, 0.29) is 5.91 Å². The molecule has 1 amide bonds. The van der Waals surface area contributed by atoms with Crippen LogP contribution in [0.2, 0.25) is 0 Å². The van der Waals surface area contributed by atoms with Crippen molar-refractivity contribution in [2.24, 2.45) is 5.41 Å². The third-order valence-electron chi connectivity index (χ3n) is 4.76. The van der Waals surface area contributed by atoms with E-state index in [1.54, 1.807) is 4.90 Å². The summed E-state index contributed by atoms with van der Waals surface area (Å²) in [4.78, 5) is 25.9. The molecule has 0 atom stereocenters. The zero-order valence-corrected chi connectivity index (χ0v) is 13.0. The molecule has 0 saturated carbocycles. The van der Waals surface area contributed by atoms with E-state index in [1.165, 1.54) is 0 Å². The van der Waals surface area contributed by atoms with Crippen molar-refractivity contribution in [3.05, 3.63) is 34.9 Å². The Balaban J connectivity index is 2.13. The second-order valence-corrected chi connectivity index (χ2v) is 6.05. The Labute approximate surface area is 125 Å². The van der Waals surface area contributed by atoms with Crippen molar-refractivity contribution in [1.82, 2.24) is 4.90 Å². The first-order valence-corrected chi connectivity index (χ1v) is 7.49. The van der Waals surface area contributed by atoms with Crippen LogP contribution in [0, 0.1) is 19.3 Å². The average molecular weight is 289 g/mol. The number of hydrogen-bond donors (Lipinski definition) is 1. The Morgan fingerprint density at radius 2 is 1.86 bits per heavy atom. The Morgan fingerprint density at radius 3 is 2.38 bits per heavy atom. The number of carboxylic acid groups (broad SMARTS) is 1. The molecule has 0 spiro atoms. The fourth-order valence-corrected chi connectivity index (χ4v) is 2.99. The molecule has 1 aromatic carbocycles. The lowest BCUT2D eigenvalue weighted by molar-refractivity contribution is -0.152. The Bertz CT molecular complexity index is 557. The van der Waals surface area contributed by atoms with Gasteiger partial charge in [-0.25, -0.2) is 0 Å². The average Bonchev–Trinajstić information content (AvgIpc) is 2.49. The summed E-state index contributed by atoms with van der Waals surface area (Å²) in [5, 5.41) is 9.41. The van der Waals surface area contributed by atoms with Gasteiger partial charge < -0.3 is 10.0 Å². The lowest BCUT2D eigenvalue weighted by atomic mass is 9.76. The number of nitrogens with zero attached hydrogens (tertiary/aromatic N) is 1. The maximum absolute atomic E-state index is 12.6. The van der Waals surface area contributed by atoms with E-state index >= 15 is 0 Å². The SMILES string of the molecule is CCC1(C(=O)O)CCN(C(=O)c2cc(C)ccc2C)CC1. The highest BCUT2D eigenvalue weighted by atomic mass is 16.4. The second kappa shape index (κ2) is 5.88. The van der Waals surface area contributed by atoms with Gasteiger partial charge in [0, 0.05) is 18.7 Å². The first-order valence-electron chi connectivity index (χ1n) is 7.49. The summed E-state index contributed by atoms with van der Waals surface area (Å²) >= 11 is 0. The molecule has 1 heterocycles. The topological polar surface area (TPSA) is 57.6 Å². The van der Waals surface area contributed by atoms with E-state index in [1.807, 2.05) is 39.0 Å². The highest BCUT2D eigenvalue weighted by molar-refractivity contribution is 5.96. The van der Waals surface area contributed by atoms with Gasteiger partial charge in [-0.2, -0.15) is 0 Å². The molecule has 1 aliphatic heterocycles. The van der Waals surface area contributed by atoms with Crippen LogP contribution in [-0.4, -0.2) is 35.0 Å². The van der Waals surface area contributed by atoms with Gasteiger partial charge >= 0.3 is 5.97 Å². The first-order chi connectivity index (χ1) is 9.89. The van der Waals surface area contributed by atoms with E-state index < -0.39 is 11.4 Å². The summed E-state index contributed by atoms with van der Waals surface area (Å²) in [7, 11) is 0. The van der Waals surface area contributed by atoms with Crippen LogP contribution in [0.5, 0.6) is 0 Å². The first kappa shape index (κ1) is 15.5. The third kappa shape index (κ3) is 2.94. The largest absolute Gasteiger partial charge is 0.481 e. The molecular weight excluding hydrogens is 266 g/mol. The number of piperidine rings is 1. The van der Waals surface area contributed by atoms with Crippen LogP contribution in [0.4, 0.5) is 0 Å². The van der Waals surface area contributed by atoms with Crippen molar-refractivity contribution in [2.75, 3.05) is 13.1 Å². The van der Waals surface area contributed by atoms with Crippen molar-refractivity contribution >= 4 is 11.9 Å². The maximum Gasteiger partial charge on any atom is 0.309 e. The van der Waals surface area contributed by atoms with Crippen LogP contribution in [0.1, 0.15) is 47.7 Å². The number of likely N-dealkylation sites (tertiary alicyclic amines) is 1. The van der Waals surface area contributed by atoms with E-state index in [9.17, 15) is 14.7 Å². The minimum atomic E-state index is -0.733. The number of amides is 1. The highest BCUT2D eigenvalue weighted by Gasteiger charge is 2.40. The molecule has 1 N–H and O–H groups in total. The van der Waals surface area contributed by atoms with Crippen LogP contribution in [0.25, 0.3) is 0 Å². The summed E-state index contributed by atoms with van der Waals surface area (Å²) in [6.07, 6.45) is 1.69. The zero-order chi connectivity index (χ0) is 15.6. The van der Waals surface area contributed by atoms with Gasteiger partial charge in [0.05, 0.1) is 5.41 Å². The number of aryl methyl sites for hydroxylation is 2. The molecule has 1 fully saturated rings. The Kier molecular flexibility index (Phi) is 4.35. The molecular formula is C17H23NO3. The van der Waals surface area contributed by atoms with E-state index in [0.29, 0.717) is 32.4 Å². The molecule has 1 saturated heterocycles. The molecule has 0 radical (unpaired) electrons. The minimum Gasteiger partial charge on any atom is -0.481 e. The molecule has 4 nitrogen and oxygen atoms in total. The molecule has 0 aromatic heterocycles. The highest BCUT2D eigenvalue weighted by Crippen LogP contribution is 2.35. The lowest BCUT2D eigenvalue weighted by Crippen LogP contribution is -2.46. The number of rotatable bonds is 3. The standard InChI is InChI=1S/C17H23NO3/c1-4-17(16(20)21)7-9-18(10-8-17)15(19)14-11-12(2)5-6-13(14)3/h5-6,11H,4,7-10H2,1-3H3,(H,20,21). The van der Waals surface area contributed by atoms with Crippen LogP contribution in [0.3, 0.4) is 0 Å². The summed E-state index contributed by atoms with van der Waals surface area (Å²) in [5.74, 6) is -0.713. The summed E-state index contributed by atoms with van der Waals surface area (Å²) < 4.78 is 0. The number of benzene rings is 1. The van der Waals surface area contributed by atoms with E-state index in [2.05, 4.69) is 0 Å². The van der Waals surface area contributed by atoms with Gasteiger partial charge in [0.2, 0.25) is 0 Å². The van der Waals surface area contributed by atoms with Crippen molar-refractivity contribution in [3.8, 4) is 0 Å². The molecule has 0 aliphatic carbocycles. The van der Waals surface area contributed by atoms with Gasteiger partial charge in [-0.05, 0) is 44.7 Å². The number of carbonyl (C=O) groups excluding carboxylic acids is 1. The molecule has 1 aromatic rings. The predicted molar refractivity (Wildman–Crippen MR) is 81.4 cm³/mol.